The van der Waals surface area contributed by atoms with E-state index >= 15 is 0 Å². The van der Waals surface area contributed by atoms with Gasteiger partial charge in [-0.1, -0.05) is 0 Å². The minimum Gasteiger partial charge on any atom is -0.481 e. The van der Waals surface area contributed by atoms with Crippen molar-refractivity contribution >= 4 is 38.6 Å². The molecule has 98 valence electrons. The van der Waals surface area contributed by atoms with Crippen molar-refractivity contribution in [3.05, 3.63) is 27.8 Å². The van der Waals surface area contributed by atoms with Gasteiger partial charge in [0.05, 0.1) is 11.3 Å². The summed E-state index contributed by atoms with van der Waals surface area (Å²) in [5, 5.41) is 8.62. The van der Waals surface area contributed by atoms with E-state index in [1.54, 1.807) is 24.3 Å². The first-order valence-electron chi connectivity index (χ1n) is 5.37. The van der Waals surface area contributed by atoms with Crippen molar-refractivity contribution in [2.45, 2.75) is 11.3 Å². The Hall–Kier alpha value is -0.670. The van der Waals surface area contributed by atoms with Crippen molar-refractivity contribution in [2.24, 2.45) is 5.92 Å². The molecule has 1 aromatic carbocycles. The van der Waals surface area contributed by atoms with Gasteiger partial charge in [0.1, 0.15) is 0 Å². The molecule has 1 aliphatic rings. The highest BCUT2D eigenvalue weighted by Gasteiger charge is 2.37. The van der Waals surface area contributed by atoms with Gasteiger partial charge in [0.2, 0.25) is 10.0 Å². The number of carboxylic acid groups (broad SMARTS) is 1. The quantitative estimate of drug-likeness (QED) is 0.800. The molecule has 7 heteroatoms. The summed E-state index contributed by atoms with van der Waals surface area (Å²) in [7, 11) is -3.45. The first-order chi connectivity index (χ1) is 8.39. The molecule has 0 spiro atoms. The van der Waals surface area contributed by atoms with Gasteiger partial charge in [0.15, 0.2) is 0 Å². The summed E-state index contributed by atoms with van der Waals surface area (Å²) in [6.45, 7) is 0.585. The zero-order valence-corrected chi connectivity index (χ0v) is 12.4. The molecule has 0 unspecified atom stereocenters. The molecule has 1 fully saturated rings. The van der Waals surface area contributed by atoms with Crippen LogP contribution in [0.2, 0.25) is 0 Å². The van der Waals surface area contributed by atoms with Crippen LogP contribution >= 0.6 is 22.6 Å². The van der Waals surface area contributed by atoms with Crippen LogP contribution < -0.4 is 0 Å². The second kappa shape index (κ2) is 5.14. The van der Waals surface area contributed by atoms with Crippen molar-refractivity contribution in [3.8, 4) is 0 Å². The molecular formula is C11H12INO4S. The van der Waals surface area contributed by atoms with Gasteiger partial charge in [-0.3, -0.25) is 4.79 Å². The molecule has 1 saturated heterocycles. The summed E-state index contributed by atoms with van der Waals surface area (Å²) >= 11 is 2.11. The Balaban J connectivity index is 2.06. The lowest BCUT2D eigenvalue weighted by Crippen LogP contribution is -2.50. The second-order valence-corrected chi connectivity index (χ2v) is 7.42. The van der Waals surface area contributed by atoms with Crippen LogP contribution in [0.25, 0.3) is 0 Å². The third-order valence-electron chi connectivity index (χ3n) is 2.84. The van der Waals surface area contributed by atoms with Crippen LogP contribution in [-0.4, -0.2) is 36.9 Å². The van der Waals surface area contributed by atoms with Crippen LogP contribution in [0.3, 0.4) is 0 Å². The summed E-state index contributed by atoms with van der Waals surface area (Å²) in [6.07, 6.45) is 0.0265. The lowest BCUT2D eigenvalue weighted by molar-refractivity contribution is -0.139. The highest BCUT2D eigenvalue weighted by Crippen LogP contribution is 2.27. The molecule has 0 saturated carbocycles. The van der Waals surface area contributed by atoms with Crippen LogP contribution in [0.1, 0.15) is 6.42 Å². The number of aliphatic carboxylic acids is 1. The zero-order valence-electron chi connectivity index (χ0n) is 9.41. The Morgan fingerprint density at radius 3 is 2.39 bits per heavy atom. The molecule has 0 bridgehead atoms. The van der Waals surface area contributed by atoms with Gasteiger partial charge in [0.25, 0.3) is 0 Å². The molecule has 1 N–H and O–H groups in total. The average molecular weight is 381 g/mol. The molecule has 1 aliphatic heterocycles. The fraction of sp³-hybridized carbons (Fsp3) is 0.364. The number of hydrogen-bond donors (Lipinski definition) is 1. The number of halogens is 1. The maximum Gasteiger partial charge on any atom is 0.303 e. The second-order valence-electron chi connectivity index (χ2n) is 4.24. The van der Waals surface area contributed by atoms with Gasteiger partial charge < -0.3 is 5.11 Å². The number of benzene rings is 1. The van der Waals surface area contributed by atoms with Crippen molar-refractivity contribution in [1.29, 1.82) is 0 Å². The van der Waals surface area contributed by atoms with Gasteiger partial charge in [0, 0.05) is 16.7 Å². The molecule has 0 aromatic heterocycles. The van der Waals surface area contributed by atoms with Gasteiger partial charge in [-0.15, -0.1) is 0 Å². The van der Waals surface area contributed by atoms with E-state index in [0.29, 0.717) is 13.1 Å². The van der Waals surface area contributed by atoms with Crippen molar-refractivity contribution in [1.82, 2.24) is 4.31 Å². The number of sulfonamides is 1. The minimum atomic E-state index is -3.45. The summed E-state index contributed by atoms with van der Waals surface area (Å²) in [6, 6.07) is 6.62. The predicted molar refractivity (Wildman–Crippen MR) is 73.7 cm³/mol. The zero-order chi connectivity index (χ0) is 13.3. The number of carboxylic acids is 1. The van der Waals surface area contributed by atoms with Crippen LogP contribution in [0.5, 0.6) is 0 Å². The van der Waals surface area contributed by atoms with E-state index in [0.717, 1.165) is 3.57 Å². The SMILES string of the molecule is O=C(O)CC1CN(S(=O)(=O)c2ccc(I)cc2)C1. The number of hydrogen-bond acceptors (Lipinski definition) is 3. The lowest BCUT2D eigenvalue weighted by Gasteiger charge is -2.37. The Labute approximate surface area is 119 Å². The highest BCUT2D eigenvalue weighted by atomic mass is 127. The van der Waals surface area contributed by atoms with E-state index in [9.17, 15) is 13.2 Å². The number of rotatable bonds is 4. The summed E-state index contributed by atoms with van der Waals surface area (Å²) in [5.41, 5.74) is 0. The van der Waals surface area contributed by atoms with E-state index in [4.69, 9.17) is 5.11 Å². The molecule has 5 nitrogen and oxygen atoms in total. The Bertz CT molecular complexity index is 549. The van der Waals surface area contributed by atoms with E-state index in [1.165, 1.54) is 4.31 Å². The van der Waals surface area contributed by atoms with E-state index in [-0.39, 0.29) is 17.2 Å². The van der Waals surface area contributed by atoms with Crippen molar-refractivity contribution in [3.63, 3.8) is 0 Å². The maximum absolute atomic E-state index is 12.1. The standard InChI is InChI=1S/C11H12INO4S/c12-9-1-3-10(4-2-9)18(16,17)13-6-8(7-13)5-11(14)15/h1-4,8H,5-7H2,(H,14,15). The Kier molecular flexibility index (Phi) is 3.93. The molecule has 18 heavy (non-hydrogen) atoms. The molecular weight excluding hydrogens is 369 g/mol. The van der Waals surface area contributed by atoms with Gasteiger partial charge in [-0.05, 0) is 52.8 Å². The van der Waals surface area contributed by atoms with Crippen LogP contribution in [-0.2, 0) is 14.8 Å². The normalized spacial score (nSPS) is 17.4. The first-order valence-corrected chi connectivity index (χ1v) is 7.89. The summed E-state index contributed by atoms with van der Waals surface area (Å²) in [4.78, 5) is 10.8. The third-order valence-corrected chi connectivity index (χ3v) is 5.40. The van der Waals surface area contributed by atoms with Crippen LogP contribution in [0.15, 0.2) is 29.2 Å². The minimum absolute atomic E-state index is 0.0265. The third kappa shape index (κ3) is 2.83. The van der Waals surface area contributed by atoms with E-state index in [2.05, 4.69) is 22.6 Å². The summed E-state index contributed by atoms with van der Waals surface area (Å²) in [5.74, 6) is -0.951. The van der Waals surface area contributed by atoms with Gasteiger partial charge >= 0.3 is 5.97 Å². The number of nitrogens with zero attached hydrogens (tertiary/aromatic N) is 1. The van der Waals surface area contributed by atoms with Crippen LogP contribution in [0.4, 0.5) is 0 Å². The van der Waals surface area contributed by atoms with E-state index < -0.39 is 16.0 Å². The molecule has 1 aromatic rings. The van der Waals surface area contributed by atoms with E-state index in [1.807, 2.05) is 0 Å². The summed E-state index contributed by atoms with van der Waals surface area (Å²) < 4.78 is 26.6. The smallest absolute Gasteiger partial charge is 0.303 e. The predicted octanol–water partition coefficient (Wildman–Crippen LogP) is 1.39. The first kappa shape index (κ1) is 13.8. The lowest BCUT2D eigenvalue weighted by atomic mass is 10.00. The molecule has 2 rings (SSSR count). The molecule has 1 heterocycles. The molecule has 0 amide bonds. The maximum atomic E-state index is 12.1. The highest BCUT2D eigenvalue weighted by molar-refractivity contribution is 14.1. The Morgan fingerprint density at radius 2 is 1.89 bits per heavy atom. The van der Waals surface area contributed by atoms with Gasteiger partial charge in [-0.2, -0.15) is 4.31 Å². The average Bonchev–Trinajstić information content (AvgIpc) is 2.23. The van der Waals surface area contributed by atoms with Crippen molar-refractivity contribution in [2.75, 3.05) is 13.1 Å². The topological polar surface area (TPSA) is 74.7 Å². The number of carbonyl (C=O) groups is 1. The molecule has 0 aliphatic carbocycles. The fourth-order valence-electron chi connectivity index (χ4n) is 1.85. The van der Waals surface area contributed by atoms with Crippen molar-refractivity contribution < 1.29 is 18.3 Å². The fourth-order valence-corrected chi connectivity index (χ4v) is 3.80. The largest absolute Gasteiger partial charge is 0.481 e. The molecule has 0 atom stereocenters. The van der Waals surface area contributed by atoms with Gasteiger partial charge in [-0.25, -0.2) is 8.42 Å². The molecule has 0 radical (unpaired) electrons. The Morgan fingerprint density at radius 1 is 1.33 bits per heavy atom. The van der Waals surface area contributed by atoms with Crippen LogP contribution in [0, 0.1) is 9.49 Å². The monoisotopic (exact) mass is 381 g/mol.